The molecule has 1 aromatic heterocycles. The van der Waals surface area contributed by atoms with E-state index in [1.807, 2.05) is 11.3 Å². The number of rotatable bonds is 4. The molecule has 0 unspecified atom stereocenters. The van der Waals surface area contributed by atoms with Crippen molar-refractivity contribution in [2.45, 2.75) is 19.3 Å². The quantitative estimate of drug-likeness (QED) is 0.860. The SMILES string of the molecule is c1ccc2sc(N3CCN(CCN4CCCCC4)CC3)nc2c1. The van der Waals surface area contributed by atoms with Crippen LogP contribution in [0.4, 0.5) is 5.13 Å². The maximum atomic E-state index is 4.80. The number of benzene rings is 1. The lowest BCUT2D eigenvalue weighted by atomic mass is 10.1. The second-order valence-electron chi connectivity index (χ2n) is 6.70. The lowest BCUT2D eigenvalue weighted by Crippen LogP contribution is -2.48. The van der Waals surface area contributed by atoms with E-state index in [-0.39, 0.29) is 0 Å². The average molecular weight is 331 g/mol. The number of fused-ring (bicyclic) bond motifs is 1. The summed E-state index contributed by atoms with van der Waals surface area (Å²) in [5.41, 5.74) is 1.14. The summed E-state index contributed by atoms with van der Waals surface area (Å²) in [5, 5.41) is 1.20. The van der Waals surface area contributed by atoms with Gasteiger partial charge in [0.05, 0.1) is 10.2 Å². The van der Waals surface area contributed by atoms with Gasteiger partial charge >= 0.3 is 0 Å². The van der Waals surface area contributed by atoms with E-state index in [1.165, 1.54) is 68.4 Å². The van der Waals surface area contributed by atoms with E-state index in [1.54, 1.807) is 0 Å². The lowest BCUT2D eigenvalue weighted by molar-refractivity contribution is 0.177. The first kappa shape index (κ1) is 15.4. The molecule has 0 atom stereocenters. The van der Waals surface area contributed by atoms with Crippen LogP contribution >= 0.6 is 11.3 Å². The van der Waals surface area contributed by atoms with E-state index in [2.05, 4.69) is 39.0 Å². The summed E-state index contributed by atoms with van der Waals surface area (Å²) in [6, 6.07) is 8.46. The van der Waals surface area contributed by atoms with Crippen LogP contribution in [0.25, 0.3) is 10.2 Å². The van der Waals surface area contributed by atoms with Gasteiger partial charge in [-0.15, -0.1) is 0 Å². The van der Waals surface area contributed by atoms with Crippen LogP contribution in [0, 0.1) is 0 Å². The van der Waals surface area contributed by atoms with Crippen LogP contribution in [-0.4, -0.2) is 67.1 Å². The van der Waals surface area contributed by atoms with Crippen LogP contribution in [-0.2, 0) is 0 Å². The predicted molar refractivity (Wildman–Crippen MR) is 98.6 cm³/mol. The van der Waals surface area contributed by atoms with Crippen molar-refractivity contribution in [3.8, 4) is 0 Å². The van der Waals surface area contributed by atoms with Gasteiger partial charge in [-0.05, 0) is 38.1 Å². The zero-order chi connectivity index (χ0) is 15.5. The first-order valence-corrected chi connectivity index (χ1v) is 9.75. The Morgan fingerprint density at radius 3 is 2.26 bits per heavy atom. The number of para-hydroxylation sites is 1. The van der Waals surface area contributed by atoms with Crippen LogP contribution in [0.3, 0.4) is 0 Å². The Kier molecular flexibility index (Phi) is 4.78. The molecule has 5 heteroatoms. The highest BCUT2D eigenvalue weighted by Gasteiger charge is 2.20. The Morgan fingerprint density at radius 2 is 1.52 bits per heavy atom. The van der Waals surface area contributed by atoms with Gasteiger partial charge in [-0.2, -0.15) is 0 Å². The van der Waals surface area contributed by atoms with Crippen molar-refractivity contribution >= 4 is 26.7 Å². The number of thiazole rings is 1. The van der Waals surface area contributed by atoms with Crippen molar-refractivity contribution in [3.63, 3.8) is 0 Å². The van der Waals surface area contributed by atoms with E-state index >= 15 is 0 Å². The summed E-state index contributed by atoms with van der Waals surface area (Å²) in [7, 11) is 0. The standard InChI is InChI=1S/C18H26N4S/c1-4-8-20(9-5-1)10-11-21-12-14-22(15-13-21)18-19-16-6-2-3-7-17(16)23-18/h2-3,6-7H,1,4-5,8-15H2. The zero-order valence-electron chi connectivity index (χ0n) is 13.8. The molecular weight excluding hydrogens is 304 g/mol. The minimum Gasteiger partial charge on any atom is -0.345 e. The largest absolute Gasteiger partial charge is 0.345 e. The second kappa shape index (κ2) is 7.16. The summed E-state index contributed by atoms with van der Waals surface area (Å²) in [6.07, 6.45) is 4.22. The Labute approximate surface area is 142 Å². The summed E-state index contributed by atoms with van der Waals surface area (Å²) in [6.45, 7) is 9.67. The van der Waals surface area contributed by atoms with Crippen molar-refractivity contribution in [1.29, 1.82) is 0 Å². The van der Waals surface area contributed by atoms with Gasteiger partial charge in [0.25, 0.3) is 0 Å². The van der Waals surface area contributed by atoms with Crippen LogP contribution in [0.15, 0.2) is 24.3 Å². The van der Waals surface area contributed by atoms with Crippen molar-refractivity contribution < 1.29 is 0 Å². The van der Waals surface area contributed by atoms with Gasteiger partial charge in [0.1, 0.15) is 0 Å². The first-order chi connectivity index (χ1) is 11.4. The minimum absolute atomic E-state index is 1.11. The molecule has 0 radical (unpaired) electrons. The van der Waals surface area contributed by atoms with Gasteiger partial charge < -0.3 is 9.80 Å². The third-order valence-corrected chi connectivity index (χ3v) is 6.20. The van der Waals surface area contributed by atoms with Gasteiger partial charge in [0.15, 0.2) is 5.13 Å². The van der Waals surface area contributed by atoms with Crippen molar-refractivity contribution in [1.82, 2.24) is 14.8 Å². The van der Waals surface area contributed by atoms with Gasteiger partial charge in [-0.3, -0.25) is 4.90 Å². The Hall–Kier alpha value is -1.17. The van der Waals surface area contributed by atoms with Gasteiger partial charge in [-0.25, -0.2) is 4.98 Å². The molecule has 23 heavy (non-hydrogen) atoms. The number of hydrogen-bond donors (Lipinski definition) is 0. The molecule has 2 aliphatic rings. The van der Waals surface area contributed by atoms with Crippen LogP contribution in [0.5, 0.6) is 0 Å². The molecule has 0 aliphatic carbocycles. The van der Waals surface area contributed by atoms with Gasteiger partial charge in [-0.1, -0.05) is 29.9 Å². The fraction of sp³-hybridized carbons (Fsp3) is 0.611. The van der Waals surface area contributed by atoms with Crippen LogP contribution < -0.4 is 4.90 Å². The average Bonchev–Trinajstić information content (AvgIpc) is 3.05. The molecule has 0 spiro atoms. The number of piperidine rings is 1. The second-order valence-corrected chi connectivity index (χ2v) is 7.70. The van der Waals surface area contributed by atoms with Crippen molar-refractivity contribution in [3.05, 3.63) is 24.3 Å². The number of hydrogen-bond acceptors (Lipinski definition) is 5. The molecular formula is C18H26N4S. The molecule has 2 saturated heterocycles. The fourth-order valence-electron chi connectivity index (χ4n) is 3.62. The van der Waals surface area contributed by atoms with E-state index in [0.717, 1.165) is 18.6 Å². The summed E-state index contributed by atoms with van der Waals surface area (Å²) in [5.74, 6) is 0. The van der Waals surface area contributed by atoms with Crippen molar-refractivity contribution in [2.24, 2.45) is 0 Å². The highest BCUT2D eigenvalue weighted by molar-refractivity contribution is 7.22. The third-order valence-electron chi connectivity index (χ3n) is 5.11. The monoisotopic (exact) mass is 330 g/mol. The molecule has 3 heterocycles. The fourth-order valence-corrected chi connectivity index (χ4v) is 4.64. The van der Waals surface area contributed by atoms with Gasteiger partial charge in [0, 0.05) is 39.3 Å². The first-order valence-electron chi connectivity index (χ1n) is 8.94. The predicted octanol–water partition coefficient (Wildman–Crippen LogP) is 2.90. The topological polar surface area (TPSA) is 22.6 Å². The minimum atomic E-state index is 1.11. The number of piperazine rings is 1. The van der Waals surface area contributed by atoms with E-state index in [0.29, 0.717) is 0 Å². The number of anilines is 1. The smallest absolute Gasteiger partial charge is 0.186 e. The molecule has 4 nitrogen and oxygen atoms in total. The number of nitrogens with zero attached hydrogens (tertiary/aromatic N) is 4. The molecule has 2 aromatic rings. The molecule has 0 bridgehead atoms. The summed E-state index contributed by atoms with van der Waals surface area (Å²) in [4.78, 5) is 12.5. The van der Waals surface area contributed by atoms with E-state index in [4.69, 9.17) is 4.98 Å². The highest BCUT2D eigenvalue weighted by atomic mass is 32.1. The molecule has 2 fully saturated rings. The molecule has 2 aliphatic heterocycles. The Bertz CT molecular complexity index is 594. The van der Waals surface area contributed by atoms with E-state index < -0.39 is 0 Å². The van der Waals surface area contributed by atoms with E-state index in [9.17, 15) is 0 Å². The third kappa shape index (κ3) is 3.67. The molecule has 0 N–H and O–H groups in total. The molecule has 1 aromatic carbocycles. The molecule has 0 amide bonds. The molecule has 0 saturated carbocycles. The zero-order valence-corrected chi connectivity index (χ0v) is 14.6. The number of aromatic nitrogens is 1. The highest BCUT2D eigenvalue weighted by Crippen LogP contribution is 2.29. The molecule has 124 valence electrons. The normalized spacial score (nSPS) is 21.1. The van der Waals surface area contributed by atoms with Crippen LogP contribution in [0.1, 0.15) is 19.3 Å². The van der Waals surface area contributed by atoms with Crippen molar-refractivity contribution in [2.75, 3.05) is 57.3 Å². The van der Waals surface area contributed by atoms with Gasteiger partial charge in [0.2, 0.25) is 0 Å². The maximum absolute atomic E-state index is 4.80. The Morgan fingerprint density at radius 1 is 0.826 bits per heavy atom. The maximum Gasteiger partial charge on any atom is 0.186 e. The summed E-state index contributed by atoms with van der Waals surface area (Å²) < 4.78 is 1.30. The Balaban J connectivity index is 1.28. The summed E-state index contributed by atoms with van der Waals surface area (Å²) >= 11 is 1.83. The number of likely N-dealkylation sites (tertiary alicyclic amines) is 1. The lowest BCUT2D eigenvalue weighted by Gasteiger charge is -2.36. The van der Waals surface area contributed by atoms with Crippen LogP contribution in [0.2, 0.25) is 0 Å². The molecule has 4 rings (SSSR count).